The SMILES string of the molecule is COc1cc(N=Cc2c(C)c(C#N)c(=O)n([C@H]3CCS(=O)(=O)C3)c2O)cc(OC)c1. The van der Waals surface area contributed by atoms with E-state index in [1.165, 1.54) is 27.4 Å². The molecule has 0 unspecified atom stereocenters. The molecule has 1 N–H and O–H groups in total. The molecule has 3 rings (SSSR count). The lowest BCUT2D eigenvalue weighted by Gasteiger charge is -2.18. The van der Waals surface area contributed by atoms with Crippen LogP contribution in [0.2, 0.25) is 0 Å². The van der Waals surface area contributed by atoms with Crippen molar-refractivity contribution in [3.8, 4) is 23.4 Å². The van der Waals surface area contributed by atoms with Crippen LogP contribution >= 0.6 is 0 Å². The van der Waals surface area contributed by atoms with E-state index in [1.807, 2.05) is 6.07 Å². The minimum absolute atomic E-state index is 0.0770. The summed E-state index contributed by atoms with van der Waals surface area (Å²) in [6.45, 7) is 1.53. The van der Waals surface area contributed by atoms with Crippen molar-refractivity contribution in [2.75, 3.05) is 25.7 Å². The number of benzene rings is 1. The number of rotatable bonds is 5. The molecule has 1 saturated heterocycles. The molecule has 1 aliphatic heterocycles. The van der Waals surface area contributed by atoms with Gasteiger partial charge in [-0.05, 0) is 18.9 Å². The lowest BCUT2D eigenvalue weighted by Crippen LogP contribution is -2.29. The summed E-state index contributed by atoms with van der Waals surface area (Å²) >= 11 is 0. The van der Waals surface area contributed by atoms with Gasteiger partial charge in [0.1, 0.15) is 23.1 Å². The first kappa shape index (κ1) is 21.4. The van der Waals surface area contributed by atoms with Gasteiger partial charge in [-0.15, -0.1) is 0 Å². The van der Waals surface area contributed by atoms with Crippen LogP contribution in [0.3, 0.4) is 0 Å². The van der Waals surface area contributed by atoms with Crippen LogP contribution in [0.5, 0.6) is 17.4 Å². The quantitative estimate of drug-likeness (QED) is 0.715. The topological polar surface area (TPSA) is 131 Å². The minimum Gasteiger partial charge on any atom is -0.497 e. The molecule has 1 aliphatic rings. The highest BCUT2D eigenvalue weighted by molar-refractivity contribution is 7.91. The van der Waals surface area contributed by atoms with Crippen molar-refractivity contribution in [1.29, 1.82) is 5.26 Å². The lowest BCUT2D eigenvalue weighted by molar-refractivity contribution is 0.379. The number of nitrogens with zero attached hydrogens (tertiary/aromatic N) is 3. The molecule has 30 heavy (non-hydrogen) atoms. The van der Waals surface area contributed by atoms with Crippen molar-refractivity contribution in [2.24, 2.45) is 4.99 Å². The number of pyridine rings is 1. The molecule has 1 aromatic carbocycles. The maximum atomic E-state index is 12.7. The number of aromatic hydroxyl groups is 1. The second kappa shape index (κ2) is 8.20. The summed E-state index contributed by atoms with van der Waals surface area (Å²) in [6.07, 6.45) is 1.52. The highest BCUT2D eigenvalue weighted by Gasteiger charge is 2.33. The van der Waals surface area contributed by atoms with E-state index in [4.69, 9.17) is 9.47 Å². The first-order valence-electron chi connectivity index (χ1n) is 9.06. The van der Waals surface area contributed by atoms with Crippen LogP contribution < -0.4 is 15.0 Å². The average Bonchev–Trinajstić information content (AvgIpc) is 3.07. The molecular weight excluding hydrogens is 410 g/mol. The number of aliphatic imine (C=N–C) groups is 1. The minimum atomic E-state index is -3.31. The van der Waals surface area contributed by atoms with Crippen molar-refractivity contribution in [3.63, 3.8) is 0 Å². The van der Waals surface area contributed by atoms with E-state index >= 15 is 0 Å². The Bertz CT molecular complexity index is 1200. The van der Waals surface area contributed by atoms with E-state index in [9.17, 15) is 23.6 Å². The van der Waals surface area contributed by atoms with Crippen LogP contribution in [0, 0.1) is 18.3 Å². The molecule has 10 heteroatoms. The number of hydrogen-bond acceptors (Lipinski definition) is 8. The summed E-state index contributed by atoms with van der Waals surface area (Å²) in [6, 6.07) is 6.09. The second-order valence-corrected chi connectivity index (χ2v) is 9.14. The van der Waals surface area contributed by atoms with Gasteiger partial charge in [0.25, 0.3) is 5.56 Å². The molecule has 1 fully saturated rings. The van der Waals surface area contributed by atoms with Gasteiger partial charge in [0, 0.05) is 24.4 Å². The van der Waals surface area contributed by atoms with Crippen molar-refractivity contribution in [1.82, 2.24) is 4.57 Å². The normalized spacial score (nSPS) is 17.7. The largest absolute Gasteiger partial charge is 0.497 e. The molecule has 1 aromatic heterocycles. The molecule has 0 saturated carbocycles. The van der Waals surface area contributed by atoms with Crippen molar-refractivity contribution >= 4 is 21.7 Å². The van der Waals surface area contributed by atoms with Crippen LogP contribution in [-0.2, 0) is 9.84 Å². The molecule has 2 heterocycles. The van der Waals surface area contributed by atoms with Gasteiger partial charge < -0.3 is 14.6 Å². The van der Waals surface area contributed by atoms with Gasteiger partial charge in [0.05, 0.1) is 43.0 Å². The predicted molar refractivity (Wildman–Crippen MR) is 111 cm³/mol. The van der Waals surface area contributed by atoms with Gasteiger partial charge in [0.15, 0.2) is 9.84 Å². The Morgan fingerprint density at radius 2 is 1.90 bits per heavy atom. The van der Waals surface area contributed by atoms with E-state index in [1.54, 1.807) is 18.2 Å². The predicted octanol–water partition coefficient (Wildman–Crippen LogP) is 1.86. The molecule has 0 radical (unpaired) electrons. The molecule has 0 bridgehead atoms. The summed E-state index contributed by atoms with van der Waals surface area (Å²) in [4.78, 5) is 17.1. The fourth-order valence-corrected chi connectivity index (χ4v) is 5.12. The van der Waals surface area contributed by atoms with Crippen LogP contribution in [0.4, 0.5) is 5.69 Å². The number of hydrogen-bond donors (Lipinski definition) is 1. The van der Waals surface area contributed by atoms with E-state index in [0.29, 0.717) is 17.2 Å². The van der Waals surface area contributed by atoms with Gasteiger partial charge in [-0.2, -0.15) is 5.26 Å². The molecule has 9 nitrogen and oxygen atoms in total. The fourth-order valence-electron chi connectivity index (χ4n) is 3.42. The Kier molecular flexibility index (Phi) is 5.85. The van der Waals surface area contributed by atoms with Gasteiger partial charge in [-0.25, -0.2) is 8.42 Å². The van der Waals surface area contributed by atoms with Crippen LogP contribution in [0.1, 0.15) is 29.2 Å². The zero-order chi connectivity index (χ0) is 22.1. The molecule has 0 aliphatic carbocycles. The fraction of sp³-hybridized carbons (Fsp3) is 0.350. The standard InChI is InChI=1S/C20H21N3O6S/c1-12-17(9-21)19(24)23(14-4-5-30(26,27)11-14)20(25)18(12)10-22-13-6-15(28-2)8-16(7-13)29-3/h6-8,10,14,25H,4-5,11H2,1-3H3/t14-/m0/s1. The summed E-state index contributed by atoms with van der Waals surface area (Å²) in [5, 5.41) is 20.3. The maximum absolute atomic E-state index is 12.7. The number of nitriles is 1. The van der Waals surface area contributed by atoms with Crippen LogP contribution in [0.15, 0.2) is 28.0 Å². The Balaban J connectivity index is 2.14. The Morgan fingerprint density at radius 3 is 2.40 bits per heavy atom. The maximum Gasteiger partial charge on any atom is 0.271 e. The van der Waals surface area contributed by atoms with Gasteiger partial charge in [-0.1, -0.05) is 0 Å². The number of methoxy groups -OCH3 is 2. The van der Waals surface area contributed by atoms with Crippen molar-refractivity contribution in [3.05, 3.63) is 45.2 Å². The zero-order valence-corrected chi connectivity index (χ0v) is 17.6. The zero-order valence-electron chi connectivity index (χ0n) is 16.7. The summed E-state index contributed by atoms with van der Waals surface area (Å²) < 4.78 is 35.1. The molecule has 1 atom stereocenters. The van der Waals surface area contributed by atoms with Crippen molar-refractivity contribution < 1.29 is 23.0 Å². The highest BCUT2D eigenvalue weighted by Crippen LogP contribution is 2.31. The van der Waals surface area contributed by atoms with E-state index in [2.05, 4.69) is 4.99 Å². The summed E-state index contributed by atoms with van der Waals surface area (Å²) in [7, 11) is -0.300. The Labute approximate surface area is 173 Å². The van der Waals surface area contributed by atoms with Gasteiger partial charge in [-0.3, -0.25) is 14.4 Å². The van der Waals surface area contributed by atoms with Crippen LogP contribution in [0.25, 0.3) is 0 Å². The molecular formula is C20H21N3O6S. The summed E-state index contributed by atoms with van der Waals surface area (Å²) in [5.74, 6) is 0.268. The lowest BCUT2D eigenvalue weighted by atomic mass is 10.0. The Hall–Kier alpha value is -3.32. The highest BCUT2D eigenvalue weighted by atomic mass is 32.2. The molecule has 0 spiro atoms. The van der Waals surface area contributed by atoms with Crippen LogP contribution in [-0.4, -0.2) is 50.0 Å². The third-order valence-corrected chi connectivity index (χ3v) is 6.80. The third kappa shape index (κ3) is 4.02. The number of sulfone groups is 1. The summed E-state index contributed by atoms with van der Waals surface area (Å²) in [5.41, 5.74) is 0.00854. The number of aromatic nitrogens is 1. The molecule has 2 aromatic rings. The average molecular weight is 431 g/mol. The molecule has 0 amide bonds. The monoisotopic (exact) mass is 431 g/mol. The smallest absolute Gasteiger partial charge is 0.271 e. The van der Waals surface area contributed by atoms with Gasteiger partial charge >= 0.3 is 0 Å². The first-order chi connectivity index (χ1) is 14.2. The second-order valence-electron chi connectivity index (χ2n) is 6.91. The van der Waals surface area contributed by atoms with E-state index in [0.717, 1.165) is 4.57 Å². The number of ether oxygens (including phenoxy) is 2. The van der Waals surface area contributed by atoms with Crippen molar-refractivity contribution in [2.45, 2.75) is 19.4 Å². The van der Waals surface area contributed by atoms with E-state index in [-0.39, 0.29) is 34.6 Å². The van der Waals surface area contributed by atoms with Gasteiger partial charge in [0.2, 0.25) is 5.88 Å². The third-order valence-electron chi connectivity index (χ3n) is 5.05. The molecule has 158 valence electrons. The van der Waals surface area contributed by atoms with E-state index < -0.39 is 27.3 Å². The Morgan fingerprint density at radius 1 is 1.27 bits per heavy atom. The first-order valence-corrected chi connectivity index (χ1v) is 10.9.